The highest BCUT2D eigenvalue weighted by atomic mass is 32.1. The smallest absolute Gasteiger partial charge is 0.407 e. The Kier molecular flexibility index (Phi) is 10.4. The van der Waals surface area contributed by atoms with E-state index in [0.29, 0.717) is 10.4 Å². The molecule has 1 saturated heterocycles. The van der Waals surface area contributed by atoms with Crippen LogP contribution in [0.5, 0.6) is 0 Å². The Labute approximate surface area is 294 Å². The van der Waals surface area contributed by atoms with Gasteiger partial charge < -0.3 is 36.6 Å². The molecule has 3 aromatic rings. The number of nitrogen functional groups attached to an aromatic ring is 1. The summed E-state index contributed by atoms with van der Waals surface area (Å²) in [6.07, 6.45) is -2.05. The van der Waals surface area contributed by atoms with Gasteiger partial charge in [-0.25, -0.2) is 9.18 Å². The van der Waals surface area contributed by atoms with Crippen LogP contribution < -0.4 is 21.7 Å². The molecular weight excluding hydrogens is 691 g/mol. The van der Waals surface area contributed by atoms with Crippen molar-refractivity contribution in [3.05, 3.63) is 81.0 Å². The van der Waals surface area contributed by atoms with Crippen molar-refractivity contribution >= 4 is 46.9 Å². The molecule has 1 fully saturated rings. The van der Waals surface area contributed by atoms with Crippen molar-refractivity contribution in [1.82, 2.24) is 25.8 Å². The number of fused-ring (bicyclic) bond motifs is 3. The Morgan fingerprint density at radius 3 is 2.43 bits per heavy atom. The third-order valence-corrected chi connectivity index (χ3v) is 9.92. The molecule has 0 saturated carbocycles. The summed E-state index contributed by atoms with van der Waals surface area (Å²) >= 11 is 1.23. The first-order valence-corrected chi connectivity index (χ1v) is 16.7. The number of amidine groups is 1. The van der Waals surface area contributed by atoms with Gasteiger partial charge in [-0.1, -0.05) is 30.3 Å². The highest BCUT2D eigenvalue weighted by molar-refractivity contribution is 7.10. The van der Waals surface area contributed by atoms with E-state index >= 15 is 4.39 Å². The molecule has 2 heterocycles. The normalized spacial score (nSPS) is 19.0. The lowest BCUT2D eigenvalue weighted by atomic mass is 10.0. The summed E-state index contributed by atoms with van der Waals surface area (Å²) in [6.45, 7) is 0.453. The van der Waals surface area contributed by atoms with E-state index in [1.165, 1.54) is 48.6 Å². The van der Waals surface area contributed by atoms with E-state index in [2.05, 4.69) is 16.0 Å². The zero-order valence-electron chi connectivity index (χ0n) is 27.6. The van der Waals surface area contributed by atoms with E-state index < -0.39 is 79.5 Å². The van der Waals surface area contributed by atoms with Crippen LogP contribution in [0.1, 0.15) is 58.2 Å². The fourth-order valence-corrected chi connectivity index (χ4v) is 7.20. The third kappa shape index (κ3) is 7.82. The van der Waals surface area contributed by atoms with Crippen LogP contribution in [-0.2, 0) is 20.3 Å². The van der Waals surface area contributed by atoms with Crippen molar-refractivity contribution in [3.63, 3.8) is 0 Å². The number of thiophene rings is 1. The maximum Gasteiger partial charge on any atom is 0.407 e. The highest BCUT2D eigenvalue weighted by Gasteiger charge is 2.51. The van der Waals surface area contributed by atoms with Crippen LogP contribution in [-0.4, -0.2) is 94.9 Å². The minimum atomic E-state index is -3.25. The predicted octanol–water partition coefficient (Wildman–Crippen LogP) is 3.19. The molecule has 0 spiro atoms. The van der Waals surface area contributed by atoms with Gasteiger partial charge in [0.2, 0.25) is 17.7 Å². The Morgan fingerprint density at radius 2 is 1.76 bits per heavy atom. The standard InChI is InChI=1S/C34H36F3N7O6S/c1-18(27-12-21(15-51-27)29(38)39)42-31(48)26-13-33(35,16-43(32(49)50)10-9-40-19(2)45)17-44(26)28(46)14-41-30(47)20-7-8-25-23(11-20)22-5-3-4-6-24(22)34(25,36)37/h3-8,11-12,15,18,26H,9-10,13-14,16-17H2,1-2H3,(H3,38,39)(H,40,45)(H,41,47)(H,42,48)(H,49,50)/t18?,26-,33-/m0/s1. The zero-order valence-corrected chi connectivity index (χ0v) is 28.4. The molecule has 7 N–H and O–H groups in total. The lowest BCUT2D eigenvalue weighted by molar-refractivity contribution is -0.138. The van der Waals surface area contributed by atoms with Crippen LogP contribution in [0.2, 0.25) is 0 Å². The molecule has 1 aromatic heterocycles. The number of likely N-dealkylation sites (tertiary alicyclic amines) is 1. The second-order valence-electron chi connectivity index (χ2n) is 12.5. The fraction of sp³-hybridized carbons (Fsp3) is 0.353. The van der Waals surface area contributed by atoms with E-state index in [4.69, 9.17) is 11.1 Å². The van der Waals surface area contributed by atoms with E-state index in [0.717, 1.165) is 15.9 Å². The van der Waals surface area contributed by atoms with Crippen molar-refractivity contribution in [3.8, 4) is 11.1 Å². The quantitative estimate of drug-likeness (QED) is 0.122. The van der Waals surface area contributed by atoms with Gasteiger partial charge in [-0.2, -0.15) is 8.78 Å². The van der Waals surface area contributed by atoms with Gasteiger partial charge in [0.25, 0.3) is 11.8 Å². The molecule has 1 unspecified atom stereocenters. The molecule has 51 heavy (non-hydrogen) atoms. The van der Waals surface area contributed by atoms with Crippen molar-refractivity contribution in [2.45, 2.75) is 43.9 Å². The number of amides is 5. The van der Waals surface area contributed by atoms with Crippen LogP contribution in [0.25, 0.3) is 11.1 Å². The maximum atomic E-state index is 16.5. The summed E-state index contributed by atoms with van der Waals surface area (Å²) in [6, 6.07) is 9.17. The van der Waals surface area contributed by atoms with Gasteiger partial charge in [0.1, 0.15) is 17.5 Å². The van der Waals surface area contributed by atoms with Gasteiger partial charge in [0.15, 0.2) is 0 Å². The monoisotopic (exact) mass is 727 g/mol. The minimum Gasteiger partial charge on any atom is -0.465 e. The number of benzene rings is 2. The lowest BCUT2D eigenvalue weighted by Crippen LogP contribution is -2.50. The van der Waals surface area contributed by atoms with E-state index in [1.807, 2.05) is 0 Å². The van der Waals surface area contributed by atoms with Crippen LogP contribution >= 0.6 is 11.3 Å². The number of nitrogens with zero attached hydrogens (tertiary/aromatic N) is 2. The molecule has 3 atom stereocenters. The highest BCUT2D eigenvalue weighted by Crippen LogP contribution is 2.51. The van der Waals surface area contributed by atoms with E-state index in [-0.39, 0.29) is 46.7 Å². The van der Waals surface area contributed by atoms with Crippen LogP contribution in [0.4, 0.5) is 18.0 Å². The maximum absolute atomic E-state index is 16.5. The van der Waals surface area contributed by atoms with Gasteiger partial charge in [0, 0.05) is 58.9 Å². The molecule has 13 nitrogen and oxygen atoms in total. The Morgan fingerprint density at radius 1 is 1.06 bits per heavy atom. The van der Waals surface area contributed by atoms with Gasteiger partial charge in [0.05, 0.1) is 25.7 Å². The molecule has 5 rings (SSSR count). The molecule has 2 aromatic carbocycles. The number of carboxylic acid groups (broad SMARTS) is 1. The molecule has 2 aliphatic rings. The first-order valence-electron chi connectivity index (χ1n) is 15.8. The number of hydrogen-bond acceptors (Lipinski definition) is 7. The fourth-order valence-electron chi connectivity index (χ4n) is 6.28. The summed E-state index contributed by atoms with van der Waals surface area (Å²) in [5.74, 6) is -6.19. The SMILES string of the molecule is CC(=O)NCCN(C[C@@]1(F)C[C@@H](C(=O)NC(C)c2cc(C(=N)N)cs2)N(C(=O)CNC(=O)c2ccc3c(c2)-c2ccccc2C3(F)F)C1)C(=O)O. The van der Waals surface area contributed by atoms with Crippen molar-refractivity contribution < 1.29 is 42.3 Å². The molecule has 0 bridgehead atoms. The molecule has 5 amide bonds. The number of carbonyl (C=O) groups excluding carboxylic acids is 4. The number of halogens is 3. The molecule has 270 valence electrons. The molecule has 0 radical (unpaired) electrons. The summed E-state index contributed by atoms with van der Waals surface area (Å²) in [5, 5.41) is 26.6. The number of hydrogen-bond donors (Lipinski definition) is 6. The summed E-state index contributed by atoms with van der Waals surface area (Å²) in [7, 11) is 0. The Hall–Kier alpha value is -5.45. The topological polar surface area (TPSA) is 198 Å². The van der Waals surface area contributed by atoms with Crippen LogP contribution in [0.15, 0.2) is 53.9 Å². The van der Waals surface area contributed by atoms with Crippen molar-refractivity contribution in [1.29, 1.82) is 5.41 Å². The molecular formula is C34H36F3N7O6S. The Balaban J connectivity index is 1.33. The number of nitrogens with one attached hydrogen (secondary N) is 4. The van der Waals surface area contributed by atoms with E-state index in [9.17, 15) is 37.9 Å². The first kappa shape index (κ1) is 36.8. The average molecular weight is 728 g/mol. The predicted molar refractivity (Wildman–Crippen MR) is 181 cm³/mol. The molecule has 17 heteroatoms. The first-order chi connectivity index (χ1) is 24.0. The minimum absolute atomic E-state index is 0.00409. The molecule has 1 aliphatic heterocycles. The molecule has 1 aliphatic carbocycles. The number of carbonyl (C=O) groups is 5. The average Bonchev–Trinajstić information content (AvgIpc) is 3.77. The second-order valence-corrected chi connectivity index (χ2v) is 13.5. The summed E-state index contributed by atoms with van der Waals surface area (Å²) in [5.41, 5.74) is 3.60. The van der Waals surface area contributed by atoms with E-state index in [1.54, 1.807) is 24.4 Å². The van der Waals surface area contributed by atoms with Gasteiger partial charge >= 0.3 is 6.09 Å². The zero-order chi connectivity index (χ0) is 37.2. The van der Waals surface area contributed by atoms with Gasteiger partial charge in [-0.05, 0) is 36.2 Å². The largest absolute Gasteiger partial charge is 0.465 e. The summed E-state index contributed by atoms with van der Waals surface area (Å²) in [4.78, 5) is 65.9. The number of nitrogens with two attached hydrogens (primary N) is 1. The van der Waals surface area contributed by atoms with Crippen LogP contribution in [0, 0.1) is 5.41 Å². The lowest BCUT2D eigenvalue weighted by Gasteiger charge is -2.28. The summed E-state index contributed by atoms with van der Waals surface area (Å²) < 4.78 is 46.5. The van der Waals surface area contributed by atoms with Crippen LogP contribution in [0.3, 0.4) is 0 Å². The van der Waals surface area contributed by atoms with Crippen molar-refractivity contribution in [2.24, 2.45) is 5.73 Å². The third-order valence-electron chi connectivity index (χ3n) is 8.80. The van der Waals surface area contributed by atoms with Gasteiger partial charge in [-0.15, -0.1) is 11.3 Å². The van der Waals surface area contributed by atoms with Gasteiger partial charge in [-0.3, -0.25) is 24.6 Å². The number of alkyl halides is 3. The second kappa shape index (κ2) is 14.4. The number of rotatable bonds is 12. The Bertz CT molecular complexity index is 1900. The van der Waals surface area contributed by atoms with Crippen molar-refractivity contribution in [2.75, 3.05) is 32.7 Å².